The summed E-state index contributed by atoms with van der Waals surface area (Å²) in [6, 6.07) is 2.82. The number of hydrogen-bond donors (Lipinski definition) is 2. The molecule has 0 aliphatic carbocycles. The standard InChI is InChI=1S/C13H19FN2O3S/c14-10-5-6-13(12(15)8-10)20(18,19)16-7-3-1-2-4-11(16)9-17/h5-6,8,11,17H,1-4,7,9,15H2. The minimum atomic E-state index is -3.81. The van der Waals surface area contributed by atoms with Crippen LogP contribution in [0.4, 0.5) is 10.1 Å². The van der Waals surface area contributed by atoms with Gasteiger partial charge in [-0.2, -0.15) is 4.31 Å². The molecule has 1 aromatic carbocycles. The monoisotopic (exact) mass is 302 g/mol. The van der Waals surface area contributed by atoms with Gasteiger partial charge < -0.3 is 10.8 Å². The number of nitrogens with two attached hydrogens (primary N) is 1. The van der Waals surface area contributed by atoms with Gasteiger partial charge in [0.25, 0.3) is 0 Å². The van der Waals surface area contributed by atoms with Gasteiger partial charge in [0.05, 0.1) is 12.3 Å². The van der Waals surface area contributed by atoms with Gasteiger partial charge in [-0.25, -0.2) is 12.8 Å². The van der Waals surface area contributed by atoms with Crippen LogP contribution in [0.1, 0.15) is 25.7 Å². The van der Waals surface area contributed by atoms with Crippen molar-refractivity contribution in [1.82, 2.24) is 4.31 Å². The summed E-state index contributed by atoms with van der Waals surface area (Å²) in [5.41, 5.74) is 5.53. The Bertz CT molecular complexity index is 577. The normalized spacial score (nSPS) is 21.6. The molecule has 0 spiro atoms. The van der Waals surface area contributed by atoms with E-state index in [1.807, 2.05) is 0 Å². The molecule has 1 aliphatic rings. The van der Waals surface area contributed by atoms with Gasteiger partial charge in [0.2, 0.25) is 10.0 Å². The maximum atomic E-state index is 13.1. The van der Waals surface area contributed by atoms with Crippen molar-refractivity contribution in [2.24, 2.45) is 0 Å². The van der Waals surface area contributed by atoms with Crippen LogP contribution < -0.4 is 5.73 Å². The molecule has 7 heteroatoms. The van der Waals surface area contributed by atoms with Crippen LogP contribution in [0.2, 0.25) is 0 Å². The Hall–Kier alpha value is -1.18. The van der Waals surface area contributed by atoms with Crippen LogP contribution in [0.15, 0.2) is 23.1 Å². The van der Waals surface area contributed by atoms with Crippen LogP contribution in [-0.4, -0.2) is 37.0 Å². The third kappa shape index (κ3) is 2.94. The highest BCUT2D eigenvalue weighted by Gasteiger charge is 2.33. The number of sulfonamides is 1. The fourth-order valence-electron chi connectivity index (χ4n) is 2.53. The molecule has 5 nitrogen and oxygen atoms in total. The van der Waals surface area contributed by atoms with Gasteiger partial charge in [0, 0.05) is 12.6 Å². The third-order valence-corrected chi connectivity index (χ3v) is 5.62. The lowest BCUT2D eigenvalue weighted by Crippen LogP contribution is -2.42. The molecule has 1 fully saturated rings. The molecule has 112 valence electrons. The highest BCUT2D eigenvalue weighted by molar-refractivity contribution is 7.89. The van der Waals surface area contributed by atoms with E-state index in [0.717, 1.165) is 31.4 Å². The largest absolute Gasteiger partial charge is 0.398 e. The fraction of sp³-hybridized carbons (Fsp3) is 0.538. The van der Waals surface area contributed by atoms with Gasteiger partial charge in [0.1, 0.15) is 10.7 Å². The molecular formula is C13H19FN2O3S. The average molecular weight is 302 g/mol. The lowest BCUT2D eigenvalue weighted by atomic mass is 10.1. The van der Waals surface area contributed by atoms with Gasteiger partial charge in [-0.15, -0.1) is 0 Å². The number of nitrogens with zero attached hydrogens (tertiary/aromatic N) is 1. The van der Waals surface area contributed by atoms with E-state index in [-0.39, 0.29) is 17.2 Å². The number of halogens is 1. The first-order valence-corrected chi connectivity index (χ1v) is 8.08. The lowest BCUT2D eigenvalue weighted by molar-refractivity contribution is 0.186. The van der Waals surface area contributed by atoms with E-state index < -0.39 is 21.9 Å². The summed E-state index contributed by atoms with van der Waals surface area (Å²) in [6.45, 7) is 0.130. The van der Waals surface area contributed by atoms with Crippen molar-refractivity contribution in [1.29, 1.82) is 0 Å². The Kier molecular flexibility index (Phi) is 4.62. The van der Waals surface area contributed by atoms with E-state index in [0.29, 0.717) is 13.0 Å². The van der Waals surface area contributed by atoms with Gasteiger partial charge >= 0.3 is 0 Å². The Morgan fingerprint density at radius 1 is 1.35 bits per heavy atom. The number of rotatable bonds is 3. The summed E-state index contributed by atoms with van der Waals surface area (Å²) in [4.78, 5) is -0.0979. The quantitative estimate of drug-likeness (QED) is 0.825. The molecule has 0 amide bonds. The van der Waals surface area contributed by atoms with Crippen molar-refractivity contribution >= 4 is 15.7 Å². The van der Waals surface area contributed by atoms with Gasteiger partial charge in [0.15, 0.2) is 0 Å². The fourth-order valence-corrected chi connectivity index (χ4v) is 4.31. The summed E-state index contributed by atoms with van der Waals surface area (Å²) in [7, 11) is -3.81. The van der Waals surface area contributed by atoms with Crippen molar-refractivity contribution < 1.29 is 17.9 Å². The molecule has 1 atom stereocenters. The second-order valence-corrected chi connectivity index (χ2v) is 6.84. The van der Waals surface area contributed by atoms with Crippen molar-refractivity contribution in [3.05, 3.63) is 24.0 Å². The van der Waals surface area contributed by atoms with E-state index in [4.69, 9.17) is 5.73 Å². The molecule has 0 saturated carbocycles. The van der Waals surface area contributed by atoms with Gasteiger partial charge in [-0.05, 0) is 31.0 Å². The highest BCUT2D eigenvalue weighted by atomic mass is 32.2. The third-order valence-electron chi connectivity index (χ3n) is 3.59. The Balaban J connectivity index is 2.41. The molecule has 0 bridgehead atoms. The zero-order valence-corrected chi connectivity index (χ0v) is 11.9. The van der Waals surface area contributed by atoms with E-state index in [9.17, 15) is 17.9 Å². The number of aliphatic hydroxyl groups excluding tert-OH is 1. The van der Waals surface area contributed by atoms with E-state index in [2.05, 4.69) is 0 Å². The van der Waals surface area contributed by atoms with E-state index in [1.165, 1.54) is 10.4 Å². The molecule has 1 unspecified atom stereocenters. The first kappa shape index (κ1) is 15.2. The number of aliphatic hydroxyl groups is 1. The van der Waals surface area contributed by atoms with Crippen LogP contribution in [0.3, 0.4) is 0 Å². The molecule has 2 rings (SSSR count). The average Bonchev–Trinajstić information content (AvgIpc) is 2.63. The molecule has 1 saturated heterocycles. The van der Waals surface area contributed by atoms with Crippen LogP contribution in [-0.2, 0) is 10.0 Å². The molecule has 1 heterocycles. The van der Waals surface area contributed by atoms with Crippen LogP contribution >= 0.6 is 0 Å². The molecular weight excluding hydrogens is 283 g/mol. The number of hydrogen-bond acceptors (Lipinski definition) is 4. The zero-order valence-electron chi connectivity index (χ0n) is 11.1. The summed E-state index contributed by atoms with van der Waals surface area (Å²) >= 11 is 0. The maximum absolute atomic E-state index is 13.1. The minimum Gasteiger partial charge on any atom is -0.398 e. The number of benzene rings is 1. The Morgan fingerprint density at radius 2 is 2.10 bits per heavy atom. The van der Waals surface area contributed by atoms with Crippen LogP contribution in [0.25, 0.3) is 0 Å². The summed E-state index contributed by atoms with van der Waals surface area (Å²) in [5.74, 6) is -0.573. The SMILES string of the molecule is Nc1cc(F)ccc1S(=O)(=O)N1CCCCCC1CO. The molecule has 20 heavy (non-hydrogen) atoms. The van der Waals surface area contributed by atoms with Crippen molar-refractivity contribution in [2.75, 3.05) is 18.9 Å². The summed E-state index contributed by atoms with van der Waals surface area (Å²) in [6.07, 6.45) is 3.19. The predicted octanol–water partition coefficient (Wildman–Crippen LogP) is 1.33. The Labute approximate surface area is 118 Å². The molecule has 1 aliphatic heterocycles. The van der Waals surface area contributed by atoms with Crippen LogP contribution in [0.5, 0.6) is 0 Å². The van der Waals surface area contributed by atoms with Crippen molar-refractivity contribution in [2.45, 2.75) is 36.6 Å². The maximum Gasteiger partial charge on any atom is 0.245 e. The summed E-state index contributed by atoms with van der Waals surface area (Å²) < 4.78 is 39.7. The van der Waals surface area contributed by atoms with E-state index in [1.54, 1.807) is 0 Å². The first-order valence-electron chi connectivity index (χ1n) is 6.64. The highest BCUT2D eigenvalue weighted by Crippen LogP contribution is 2.28. The lowest BCUT2D eigenvalue weighted by Gasteiger charge is -2.28. The van der Waals surface area contributed by atoms with Crippen molar-refractivity contribution in [3.63, 3.8) is 0 Å². The van der Waals surface area contributed by atoms with Gasteiger partial charge in [-0.1, -0.05) is 12.8 Å². The smallest absolute Gasteiger partial charge is 0.245 e. The number of anilines is 1. The second-order valence-electron chi connectivity index (χ2n) is 4.98. The second kappa shape index (κ2) is 6.07. The van der Waals surface area contributed by atoms with Gasteiger partial charge in [-0.3, -0.25) is 0 Å². The molecule has 0 aromatic heterocycles. The van der Waals surface area contributed by atoms with Crippen LogP contribution in [0, 0.1) is 5.82 Å². The molecule has 1 aromatic rings. The zero-order chi connectivity index (χ0) is 14.8. The molecule has 3 N–H and O–H groups in total. The first-order chi connectivity index (χ1) is 9.46. The number of nitrogen functional groups attached to an aromatic ring is 1. The van der Waals surface area contributed by atoms with E-state index >= 15 is 0 Å². The minimum absolute atomic E-state index is 0.0979. The predicted molar refractivity (Wildman–Crippen MR) is 74.0 cm³/mol. The topological polar surface area (TPSA) is 83.6 Å². The van der Waals surface area contributed by atoms with Crippen molar-refractivity contribution in [3.8, 4) is 0 Å². The molecule has 0 radical (unpaired) electrons. The summed E-state index contributed by atoms with van der Waals surface area (Å²) in [5, 5.41) is 9.41. The Morgan fingerprint density at radius 3 is 2.75 bits per heavy atom.